The number of hydrogen-bond acceptors (Lipinski definition) is 3. The Bertz CT molecular complexity index is 746. The molecule has 1 atom stereocenters. The Morgan fingerprint density at radius 2 is 0.978 bits per heavy atom. The number of allylic oxidation sites excluding steroid dienone is 6. The fourth-order valence-corrected chi connectivity index (χ4v) is 5.66. The first-order valence-corrected chi connectivity index (χ1v) is 19.9. The number of unbranched alkanes of at least 4 members (excludes halogenated alkanes) is 20. The van der Waals surface area contributed by atoms with Gasteiger partial charge < -0.3 is 16.4 Å². The predicted octanol–water partition coefficient (Wildman–Crippen LogP) is 11.2. The fourth-order valence-electron chi connectivity index (χ4n) is 5.66. The topological polar surface area (TPSA) is 84.2 Å². The normalized spacial score (nSPS) is 12.5. The minimum Gasteiger partial charge on any atom is -0.354 e. The van der Waals surface area contributed by atoms with Gasteiger partial charge in [-0.3, -0.25) is 9.59 Å². The average molecular weight is 644 g/mol. The van der Waals surface area contributed by atoms with E-state index in [1.54, 1.807) is 0 Å². The van der Waals surface area contributed by atoms with Gasteiger partial charge >= 0.3 is 0 Å². The maximum absolute atomic E-state index is 12.8. The van der Waals surface area contributed by atoms with Crippen LogP contribution in [0.15, 0.2) is 36.5 Å². The second kappa shape index (κ2) is 37.6. The number of amides is 2. The van der Waals surface area contributed by atoms with Crippen LogP contribution in [-0.2, 0) is 9.59 Å². The molecule has 0 aliphatic carbocycles. The van der Waals surface area contributed by atoms with Crippen molar-refractivity contribution < 1.29 is 9.59 Å². The predicted molar refractivity (Wildman–Crippen MR) is 202 cm³/mol. The van der Waals surface area contributed by atoms with Crippen molar-refractivity contribution in [1.82, 2.24) is 10.6 Å². The molecule has 0 rings (SSSR count). The van der Waals surface area contributed by atoms with Crippen LogP contribution in [0.3, 0.4) is 0 Å². The number of hydrogen-bond donors (Lipinski definition) is 3. The molecule has 0 aromatic heterocycles. The van der Waals surface area contributed by atoms with E-state index in [2.05, 4.69) is 60.9 Å². The van der Waals surface area contributed by atoms with E-state index < -0.39 is 6.04 Å². The summed E-state index contributed by atoms with van der Waals surface area (Å²) < 4.78 is 0. The second-order valence-electron chi connectivity index (χ2n) is 13.3. The molecule has 0 aromatic carbocycles. The zero-order chi connectivity index (χ0) is 33.6. The molecule has 0 aliphatic heterocycles. The highest BCUT2D eigenvalue weighted by Gasteiger charge is 2.19. The summed E-state index contributed by atoms with van der Waals surface area (Å²) in [6.45, 7) is 5.72. The van der Waals surface area contributed by atoms with E-state index in [0.717, 1.165) is 51.4 Å². The summed E-state index contributed by atoms with van der Waals surface area (Å²) in [6, 6.07) is -0.469. The van der Waals surface area contributed by atoms with Crippen molar-refractivity contribution in [3.63, 3.8) is 0 Å². The summed E-state index contributed by atoms with van der Waals surface area (Å²) in [5.41, 5.74) is 5.70. The monoisotopic (exact) mass is 644 g/mol. The summed E-state index contributed by atoms with van der Waals surface area (Å²) in [7, 11) is 0. The summed E-state index contributed by atoms with van der Waals surface area (Å²) in [6.07, 6.45) is 46.4. The third-order valence-corrected chi connectivity index (χ3v) is 8.69. The lowest BCUT2D eigenvalue weighted by Gasteiger charge is -2.18. The van der Waals surface area contributed by atoms with Crippen molar-refractivity contribution in [3.05, 3.63) is 36.5 Å². The van der Waals surface area contributed by atoms with Gasteiger partial charge in [0.15, 0.2) is 0 Å². The quantitative estimate of drug-likeness (QED) is 0.0474. The Labute approximate surface area is 286 Å². The lowest BCUT2D eigenvalue weighted by molar-refractivity contribution is -0.129. The molecule has 0 radical (unpaired) electrons. The van der Waals surface area contributed by atoms with Gasteiger partial charge in [0.05, 0.1) is 0 Å². The standard InChI is InChI=1S/C41H77N3O2/c1-3-5-7-9-11-13-15-17-19-21-23-25-27-29-31-33-38-43-41(46)39(35-34-37-42)44-40(45)36-32-30-28-26-24-22-20-18-16-14-12-10-8-6-4-2/h12,14,17-20,39H,3-11,13,15-16,21-38,42H2,1-2H3,(H,43,46)(H,44,45). The fraction of sp³-hybridized carbons (Fsp3) is 0.805. The number of nitrogens with two attached hydrogens (primary N) is 1. The molecular weight excluding hydrogens is 566 g/mol. The molecule has 0 aromatic rings. The van der Waals surface area contributed by atoms with Crippen LogP contribution in [0.1, 0.15) is 194 Å². The van der Waals surface area contributed by atoms with E-state index in [4.69, 9.17) is 5.73 Å². The first kappa shape index (κ1) is 44.1. The molecule has 4 N–H and O–H groups in total. The van der Waals surface area contributed by atoms with Crippen molar-refractivity contribution in [1.29, 1.82) is 0 Å². The molecule has 5 nitrogen and oxygen atoms in total. The van der Waals surface area contributed by atoms with Gasteiger partial charge in [0, 0.05) is 13.0 Å². The van der Waals surface area contributed by atoms with Gasteiger partial charge in [-0.1, -0.05) is 140 Å². The Kier molecular flexibility index (Phi) is 36.0. The second-order valence-corrected chi connectivity index (χ2v) is 13.3. The van der Waals surface area contributed by atoms with Crippen LogP contribution in [0.25, 0.3) is 0 Å². The van der Waals surface area contributed by atoms with Crippen molar-refractivity contribution >= 4 is 11.8 Å². The number of nitrogens with one attached hydrogen (secondary N) is 2. The number of rotatable bonds is 35. The maximum Gasteiger partial charge on any atom is 0.242 e. The van der Waals surface area contributed by atoms with Crippen LogP contribution in [-0.4, -0.2) is 30.9 Å². The maximum atomic E-state index is 12.8. The highest BCUT2D eigenvalue weighted by atomic mass is 16.2. The Hall–Kier alpha value is -1.88. The van der Waals surface area contributed by atoms with E-state index in [0.29, 0.717) is 25.9 Å². The summed E-state index contributed by atoms with van der Waals surface area (Å²) in [5, 5.41) is 6.04. The van der Waals surface area contributed by atoms with Crippen LogP contribution < -0.4 is 16.4 Å². The zero-order valence-corrected chi connectivity index (χ0v) is 30.6. The van der Waals surface area contributed by atoms with E-state index >= 15 is 0 Å². The molecule has 46 heavy (non-hydrogen) atoms. The van der Waals surface area contributed by atoms with Crippen LogP contribution in [0.4, 0.5) is 0 Å². The largest absolute Gasteiger partial charge is 0.354 e. The molecule has 268 valence electrons. The van der Waals surface area contributed by atoms with Crippen molar-refractivity contribution in [3.8, 4) is 0 Å². The molecule has 0 saturated heterocycles. The van der Waals surface area contributed by atoms with E-state index in [-0.39, 0.29) is 11.8 Å². The number of carbonyl (C=O) groups is 2. The molecule has 0 aliphatic rings. The van der Waals surface area contributed by atoms with Crippen LogP contribution in [0, 0.1) is 0 Å². The van der Waals surface area contributed by atoms with Crippen LogP contribution in [0.2, 0.25) is 0 Å². The molecule has 5 heteroatoms. The SMILES string of the molecule is CCCCCC=CCC=CCCCCCCCC(=O)NC(CCCN)C(=O)NCCCCCCCCC=CCCCCCCCC. The summed E-state index contributed by atoms with van der Waals surface area (Å²) in [5.74, 6) is -0.0744. The number of carbonyl (C=O) groups excluding carboxylic acids is 2. The highest BCUT2D eigenvalue weighted by molar-refractivity contribution is 5.87. The first-order chi connectivity index (χ1) is 22.7. The van der Waals surface area contributed by atoms with Gasteiger partial charge in [-0.25, -0.2) is 0 Å². The van der Waals surface area contributed by atoms with Gasteiger partial charge in [-0.15, -0.1) is 0 Å². The lowest BCUT2D eigenvalue weighted by atomic mass is 10.1. The lowest BCUT2D eigenvalue weighted by Crippen LogP contribution is -2.47. The molecule has 1 unspecified atom stereocenters. The van der Waals surface area contributed by atoms with Gasteiger partial charge in [-0.2, -0.15) is 0 Å². The van der Waals surface area contributed by atoms with Crippen molar-refractivity contribution in [2.24, 2.45) is 5.73 Å². The minimum absolute atomic E-state index is 0.0138. The van der Waals surface area contributed by atoms with E-state index in [1.807, 2.05) is 0 Å². The van der Waals surface area contributed by atoms with Crippen molar-refractivity contribution in [2.75, 3.05) is 13.1 Å². The van der Waals surface area contributed by atoms with Crippen LogP contribution in [0.5, 0.6) is 0 Å². The summed E-state index contributed by atoms with van der Waals surface area (Å²) in [4.78, 5) is 25.3. The smallest absolute Gasteiger partial charge is 0.242 e. The minimum atomic E-state index is -0.469. The average Bonchev–Trinajstić information content (AvgIpc) is 3.06. The Morgan fingerprint density at radius 1 is 0.543 bits per heavy atom. The Balaban J connectivity index is 3.81. The van der Waals surface area contributed by atoms with Gasteiger partial charge in [0.25, 0.3) is 0 Å². The van der Waals surface area contributed by atoms with Gasteiger partial charge in [0.2, 0.25) is 11.8 Å². The molecule has 2 amide bonds. The molecule has 0 saturated carbocycles. The van der Waals surface area contributed by atoms with Gasteiger partial charge in [0.1, 0.15) is 6.04 Å². The molecular formula is C41H77N3O2. The van der Waals surface area contributed by atoms with E-state index in [1.165, 1.54) is 116 Å². The third kappa shape index (κ3) is 33.5. The first-order valence-electron chi connectivity index (χ1n) is 19.9. The molecule has 0 spiro atoms. The van der Waals surface area contributed by atoms with Crippen molar-refractivity contribution in [2.45, 2.75) is 200 Å². The highest BCUT2D eigenvalue weighted by Crippen LogP contribution is 2.11. The van der Waals surface area contributed by atoms with Crippen LogP contribution >= 0.6 is 0 Å². The third-order valence-electron chi connectivity index (χ3n) is 8.69. The molecule has 0 bridgehead atoms. The Morgan fingerprint density at radius 3 is 1.52 bits per heavy atom. The zero-order valence-electron chi connectivity index (χ0n) is 30.6. The van der Waals surface area contributed by atoms with Gasteiger partial charge in [-0.05, 0) is 90.0 Å². The molecule has 0 fully saturated rings. The summed E-state index contributed by atoms with van der Waals surface area (Å²) >= 11 is 0. The van der Waals surface area contributed by atoms with E-state index in [9.17, 15) is 9.59 Å². The molecule has 0 heterocycles.